The van der Waals surface area contributed by atoms with Crippen LogP contribution in [0.15, 0.2) is 42.5 Å². The van der Waals surface area contributed by atoms with Crippen molar-refractivity contribution in [3.63, 3.8) is 0 Å². The quantitative estimate of drug-likeness (QED) is 0.888. The molecule has 0 aromatic heterocycles. The summed E-state index contributed by atoms with van der Waals surface area (Å²) in [7, 11) is 0. The maximum absolute atomic E-state index is 10.0. The first kappa shape index (κ1) is 14.7. The molecule has 0 amide bonds. The van der Waals surface area contributed by atoms with Crippen LogP contribution < -0.4 is 14.8 Å². The lowest BCUT2D eigenvalue weighted by Crippen LogP contribution is -2.26. The maximum Gasteiger partial charge on any atom is 0.124 e. The van der Waals surface area contributed by atoms with Crippen LogP contribution in [0.1, 0.15) is 30.5 Å². The molecule has 4 nitrogen and oxygen atoms in total. The van der Waals surface area contributed by atoms with Crippen molar-refractivity contribution in [2.45, 2.75) is 25.9 Å². The van der Waals surface area contributed by atoms with Crippen molar-refractivity contribution in [2.75, 3.05) is 13.2 Å². The molecule has 0 radical (unpaired) electrons. The highest BCUT2D eigenvalue weighted by molar-refractivity contribution is 5.40. The topological polar surface area (TPSA) is 50.7 Å². The van der Waals surface area contributed by atoms with Crippen molar-refractivity contribution in [2.24, 2.45) is 0 Å². The third kappa shape index (κ3) is 3.17. The van der Waals surface area contributed by atoms with Crippen LogP contribution in [0.4, 0.5) is 0 Å². The SMILES string of the molecule is CCOc1ccc(O)c(CN[C@@H]2CCOc3ccccc32)c1. The number of phenolic OH excluding ortho intramolecular Hbond substituents is 1. The summed E-state index contributed by atoms with van der Waals surface area (Å²) in [5.41, 5.74) is 2.02. The molecular weight excluding hydrogens is 278 g/mol. The van der Waals surface area contributed by atoms with Crippen LogP contribution in [0, 0.1) is 0 Å². The fraction of sp³-hybridized carbons (Fsp3) is 0.333. The van der Waals surface area contributed by atoms with Crippen molar-refractivity contribution in [3.05, 3.63) is 53.6 Å². The van der Waals surface area contributed by atoms with E-state index in [0.717, 1.165) is 23.5 Å². The maximum atomic E-state index is 10.0. The zero-order chi connectivity index (χ0) is 15.4. The van der Waals surface area contributed by atoms with Gasteiger partial charge in [0.1, 0.15) is 17.2 Å². The van der Waals surface area contributed by atoms with Gasteiger partial charge in [-0.3, -0.25) is 0 Å². The average Bonchev–Trinajstić information content (AvgIpc) is 2.55. The fourth-order valence-electron chi connectivity index (χ4n) is 2.75. The first-order valence-electron chi connectivity index (χ1n) is 7.67. The van der Waals surface area contributed by atoms with Crippen LogP contribution in [-0.2, 0) is 6.54 Å². The average molecular weight is 299 g/mol. The number of fused-ring (bicyclic) bond motifs is 1. The summed E-state index contributed by atoms with van der Waals surface area (Å²) in [6.45, 7) is 3.86. The van der Waals surface area contributed by atoms with Gasteiger partial charge in [-0.25, -0.2) is 0 Å². The smallest absolute Gasteiger partial charge is 0.124 e. The lowest BCUT2D eigenvalue weighted by Gasteiger charge is -2.27. The van der Waals surface area contributed by atoms with E-state index in [1.54, 1.807) is 12.1 Å². The van der Waals surface area contributed by atoms with Gasteiger partial charge in [-0.2, -0.15) is 0 Å². The standard InChI is InChI=1S/C18H21NO3/c1-2-21-14-7-8-17(20)13(11-14)12-19-16-9-10-22-18-6-4-3-5-15(16)18/h3-8,11,16,19-20H,2,9-10,12H2,1H3/t16-/m1/s1. The third-order valence-corrected chi connectivity index (χ3v) is 3.86. The van der Waals surface area contributed by atoms with E-state index in [1.807, 2.05) is 31.2 Å². The zero-order valence-electron chi connectivity index (χ0n) is 12.7. The monoisotopic (exact) mass is 299 g/mol. The van der Waals surface area contributed by atoms with Crippen LogP contribution in [0.25, 0.3) is 0 Å². The Labute approximate surface area is 130 Å². The summed E-state index contributed by atoms with van der Waals surface area (Å²) >= 11 is 0. The second-order valence-electron chi connectivity index (χ2n) is 5.33. The minimum atomic E-state index is 0.236. The van der Waals surface area contributed by atoms with Crippen molar-refractivity contribution >= 4 is 0 Å². The normalized spacial score (nSPS) is 16.7. The molecule has 4 heteroatoms. The van der Waals surface area contributed by atoms with Gasteiger partial charge >= 0.3 is 0 Å². The van der Waals surface area contributed by atoms with Gasteiger partial charge in [-0.1, -0.05) is 18.2 Å². The Morgan fingerprint density at radius 1 is 1.27 bits per heavy atom. The highest BCUT2D eigenvalue weighted by atomic mass is 16.5. The molecule has 0 spiro atoms. The minimum Gasteiger partial charge on any atom is -0.508 e. The first-order chi connectivity index (χ1) is 10.8. The second kappa shape index (κ2) is 6.71. The lowest BCUT2D eigenvalue weighted by atomic mass is 10.0. The van der Waals surface area contributed by atoms with E-state index in [-0.39, 0.29) is 11.8 Å². The van der Waals surface area contributed by atoms with E-state index in [2.05, 4.69) is 11.4 Å². The van der Waals surface area contributed by atoms with E-state index in [1.165, 1.54) is 5.56 Å². The molecule has 0 saturated heterocycles. The molecule has 1 heterocycles. The summed E-state index contributed by atoms with van der Waals surface area (Å²) in [6, 6.07) is 13.7. The molecule has 1 atom stereocenters. The Kier molecular flexibility index (Phi) is 4.49. The summed E-state index contributed by atoms with van der Waals surface area (Å²) in [5.74, 6) is 2.01. The lowest BCUT2D eigenvalue weighted by molar-refractivity contribution is 0.252. The summed E-state index contributed by atoms with van der Waals surface area (Å²) in [6.07, 6.45) is 0.920. The Morgan fingerprint density at radius 2 is 2.14 bits per heavy atom. The van der Waals surface area contributed by atoms with Gasteiger partial charge in [-0.05, 0) is 31.2 Å². The molecule has 2 aromatic carbocycles. The van der Waals surface area contributed by atoms with E-state index in [4.69, 9.17) is 9.47 Å². The molecule has 2 N–H and O–H groups in total. The van der Waals surface area contributed by atoms with E-state index in [9.17, 15) is 5.11 Å². The van der Waals surface area contributed by atoms with Crippen LogP contribution >= 0.6 is 0 Å². The number of ether oxygens (including phenoxy) is 2. The first-order valence-corrected chi connectivity index (χ1v) is 7.67. The van der Waals surface area contributed by atoms with Crippen molar-refractivity contribution < 1.29 is 14.6 Å². The van der Waals surface area contributed by atoms with Crippen LogP contribution in [-0.4, -0.2) is 18.3 Å². The van der Waals surface area contributed by atoms with Crippen LogP contribution in [0.3, 0.4) is 0 Å². The Bertz CT molecular complexity index is 642. The molecule has 0 bridgehead atoms. The van der Waals surface area contributed by atoms with Gasteiger partial charge in [0.05, 0.1) is 13.2 Å². The Morgan fingerprint density at radius 3 is 3.00 bits per heavy atom. The van der Waals surface area contributed by atoms with Gasteiger partial charge in [-0.15, -0.1) is 0 Å². The number of phenols is 1. The van der Waals surface area contributed by atoms with E-state index < -0.39 is 0 Å². The molecule has 22 heavy (non-hydrogen) atoms. The van der Waals surface area contributed by atoms with Crippen LogP contribution in [0.5, 0.6) is 17.2 Å². The number of hydrogen-bond acceptors (Lipinski definition) is 4. The summed E-state index contributed by atoms with van der Waals surface area (Å²) in [4.78, 5) is 0. The molecule has 0 unspecified atom stereocenters. The van der Waals surface area contributed by atoms with Gasteiger partial charge < -0.3 is 19.9 Å². The zero-order valence-corrected chi connectivity index (χ0v) is 12.7. The van der Waals surface area contributed by atoms with Gasteiger partial charge in [0.2, 0.25) is 0 Å². The highest BCUT2D eigenvalue weighted by Gasteiger charge is 2.20. The number of para-hydroxylation sites is 1. The Hall–Kier alpha value is -2.20. The third-order valence-electron chi connectivity index (χ3n) is 3.86. The number of aromatic hydroxyl groups is 1. The molecule has 0 aliphatic carbocycles. The van der Waals surface area contributed by atoms with Crippen molar-refractivity contribution in [3.8, 4) is 17.2 Å². The predicted molar refractivity (Wildman–Crippen MR) is 85.4 cm³/mol. The minimum absolute atomic E-state index is 0.236. The van der Waals surface area contributed by atoms with E-state index in [0.29, 0.717) is 19.8 Å². The predicted octanol–water partition coefficient (Wildman–Crippen LogP) is 3.40. The van der Waals surface area contributed by atoms with Gasteiger partial charge in [0.15, 0.2) is 0 Å². The second-order valence-corrected chi connectivity index (χ2v) is 5.33. The van der Waals surface area contributed by atoms with E-state index >= 15 is 0 Å². The Balaban J connectivity index is 1.72. The highest BCUT2D eigenvalue weighted by Crippen LogP contribution is 2.32. The molecule has 0 saturated carbocycles. The molecule has 3 rings (SSSR count). The fourth-order valence-corrected chi connectivity index (χ4v) is 2.75. The molecule has 1 aliphatic rings. The number of benzene rings is 2. The van der Waals surface area contributed by atoms with Crippen molar-refractivity contribution in [1.82, 2.24) is 5.32 Å². The van der Waals surface area contributed by atoms with Gasteiger partial charge in [0.25, 0.3) is 0 Å². The number of rotatable bonds is 5. The largest absolute Gasteiger partial charge is 0.508 e. The van der Waals surface area contributed by atoms with Crippen molar-refractivity contribution in [1.29, 1.82) is 0 Å². The number of hydrogen-bond donors (Lipinski definition) is 2. The molecule has 0 fully saturated rings. The molecule has 1 aliphatic heterocycles. The van der Waals surface area contributed by atoms with Crippen LogP contribution in [0.2, 0.25) is 0 Å². The molecule has 116 valence electrons. The summed E-state index contributed by atoms with van der Waals surface area (Å²) in [5, 5.41) is 13.5. The van der Waals surface area contributed by atoms with Gasteiger partial charge in [0, 0.05) is 30.1 Å². The molecular formula is C18H21NO3. The summed E-state index contributed by atoms with van der Waals surface area (Å²) < 4.78 is 11.2. The molecule has 2 aromatic rings. The number of nitrogens with one attached hydrogen (secondary N) is 1.